The molecule has 0 aromatic heterocycles. The highest BCUT2D eigenvalue weighted by molar-refractivity contribution is 6.31. The summed E-state index contributed by atoms with van der Waals surface area (Å²) in [5.41, 5.74) is 2.43. The van der Waals surface area contributed by atoms with Gasteiger partial charge in [0.05, 0.1) is 11.4 Å². The molecule has 3 rings (SSSR count). The summed E-state index contributed by atoms with van der Waals surface area (Å²) in [6.45, 7) is 1.85. The Morgan fingerprint density at radius 1 is 0.893 bits per heavy atom. The van der Waals surface area contributed by atoms with Gasteiger partial charge in [-0.05, 0) is 48.0 Å². The van der Waals surface area contributed by atoms with Gasteiger partial charge in [-0.25, -0.2) is 0 Å². The van der Waals surface area contributed by atoms with Crippen LogP contribution >= 0.6 is 11.6 Å². The smallest absolute Gasteiger partial charge is 0.255 e. The summed E-state index contributed by atoms with van der Waals surface area (Å²) in [4.78, 5) is 23.9. The molecule has 0 heterocycles. The van der Waals surface area contributed by atoms with Crippen molar-refractivity contribution in [2.45, 2.75) is 13.5 Å². The van der Waals surface area contributed by atoms with E-state index in [4.69, 9.17) is 16.3 Å². The van der Waals surface area contributed by atoms with Gasteiger partial charge < -0.3 is 15.4 Å². The van der Waals surface area contributed by atoms with Crippen molar-refractivity contribution in [3.8, 4) is 5.75 Å². The molecule has 0 saturated carbocycles. The molecule has 2 N–H and O–H groups in total. The van der Waals surface area contributed by atoms with E-state index in [2.05, 4.69) is 10.6 Å². The van der Waals surface area contributed by atoms with Crippen LogP contribution in [-0.4, -0.2) is 11.8 Å². The Balaban J connectivity index is 1.66. The Hall–Kier alpha value is -3.31. The number of hydrogen-bond acceptors (Lipinski definition) is 3. The zero-order valence-corrected chi connectivity index (χ0v) is 16.0. The normalized spacial score (nSPS) is 10.2. The molecule has 0 bridgehead atoms. The van der Waals surface area contributed by atoms with E-state index in [-0.39, 0.29) is 11.8 Å². The molecule has 0 aliphatic carbocycles. The number of carbonyl (C=O) groups is 2. The van der Waals surface area contributed by atoms with Crippen molar-refractivity contribution in [1.82, 2.24) is 0 Å². The van der Waals surface area contributed by atoms with Crippen molar-refractivity contribution in [2.24, 2.45) is 0 Å². The van der Waals surface area contributed by atoms with Gasteiger partial charge in [-0.15, -0.1) is 0 Å². The molecule has 2 amide bonds. The van der Waals surface area contributed by atoms with Crippen molar-refractivity contribution in [3.63, 3.8) is 0 Å². The standard InChI is InChI=1S/C22H19ClN2O3/c1-15(26)24-20-12-9-18(23)13-21(20)25-22(27)17-7-10-19(11-8-17)28-14-16-5-3-2-4-6-16/h2-13H,14H2,1H3,(H,24,26)(H,25,27). The van der Waals surface area contributed by atoms with Gasteiger partial charge in [-0.1, -0.05) is 41.9 Å². The summed E-state index contributed by atoms with van der Waals surface area (Å²) >= 11 is 6.01. The third kappa shape index (κ3) is 5.34. The molecule has 0 aliphatic rings. The van der Waals surface area contributed by atoms with Gasteiger partial charge in [0.25, 0.3) is 5.91 Å². The number of carbonyl (C=O) groups excluding carboxylic acids is 2. The van der Waals surface area contributed by atoms with Gasteiger partial charge in [0.2, 0.25) is 5.91 Å². The van der Waals surface area contributed by atoms with Gasteiger partial charge in [0, 0.05) is 17.5 Å². The molecule has 5 nitrogen and oxygen atoms in total. The molecule has 3 aromatic carbocycles. The molecule has 0 unspecified atom stereocenters. The number of amides is 2. The zero-order chi connectivity index (χ0) is 19.9. The van der Waals surface area contributed by atoms with Gasteiger partial charge >= 0.3 is 0 Å². The average molecular weight is 395 g/mol. The van der Waals surface area contributed by atoms with Crippen LogP contribution in [0.3, 0.4) is 0 Å². The third-order valence-electron chi connectivity index (χ3n) is 3.91. The number of ether oxygens (including phenoxy) is 1. The highest BCUT2D eigenvalue weighted by atomic mass is 35.5. The van der Waals surface area contributed by atoms with Crippen LogP contribution in [-0.2, 0) is 11.4 Å². The van der Waals surface area contributed by atoms with Gasteiger partial charge in [-0.3, -0.25) is 9.59 Å². The van der Waals surface area contributed by atoms with E-state index in [1.54, 1.807) is 42.5 Å². The monoisotopic (exact) mass is 394 g/mol. The van der Waals surface area contributed by atoms with Crippen molar-refractivity contribution in [3.05, 3.63) is 88.9 Å². The molecular weight excluding hydrogens is 376 g/mol. The van der Waals surface area contributed by atoms with E-state index in [0.717, 1.165) is 5.56 Å². The lowest BCUT2D eigenvalue weighted by Crippen LogP contribution is -2.15. The molecule has 6 heteroatoms. The van der Waals surface area contributed by atoms with Crippen LogP contribution in [0.15, 0.2) is 72.8 Å². The molecule has 0 saturated heterocycles. The number of halogens is 1. The SMILES string of the molecule is CC(=O)Nc1ccc(Cl)cc1NC(=O)c1ccc(OCc2ccccc2)cc1. The highest BCUT2D eigenvalue weighted by Gasteiger charge is 2.11. The molecule has 0 aliphatic heterocycles. The molecular formula is C22H19ClN2O3. The Morgan fingerprint density at radius 2 is 1.61 bits per heavy atom. The number of hydrogen-bond donors (Lipinski definition) is 2. The van der Waals surface area contributed by atoms with Crippen LogP contribution in [0.25, 0.3) is 0 Å². The van der Waals surface area contributed by atoms with E-state index < -0.39 is 0 Å². The van der Waals surface area contributed by atoms with Crippen LogP contribution in [0.5, 0.6) is 5.75 Å². The number of nitrogens with one attached hydrogen (secondary N) is 2. The summed E-state index contributed by atoms with van der Waals surface area (Å²) in [6, 6.07) is 21.5. The summed E-state index contributed by atoms with van der Waals surface area (Å²) in [5.74, 6) is 0.114. The predicted molar refractivity (Wildman–Crippen MR) is 111 cm³/mol. The fourth-order valence-corrected chi connectivity index (χ4v) is 2.73. The van der Waals surface area contributed by atoms with Crippen molar-refractivity contribution < 1.29 is 14.3 Å². The minimum atomic E-state index is -0.316. The molecule has 0 fully saturated rings. The van der Waals surface area contributed by atoms with Crippen molar-refractivity contribution >= 4 is 34.8 Å². The summed E-state index contributed by atoms with van der Waals surface area (Å²) < 4.78 is 5.73. The van der Waals surface area contributed by atoms with Crippen LogP contribution in [0.2, 0.25) is 5.02 Å². The van der Waals surface area contributed by atoms with Crippen LogP contribution in [0.4, 0.5) is 11.4 Å². The van der Waals surface area contributed by atoms with E-state index in [1.807, 2.05) is 30.3 Å². The fourth-order valence-electron chi connectivity index (χ4n) is 2.56. The maximum atomic E-state index is 12.5. The Bertz CT molecular complexity index is 973. The first-order valence-corrected chi connectivity index (χ1v) is 9.04. The summed E-state index contributed by atoms with van der Waals surface area (Å²) in [5, 5.41) is 5.89. The Morgan fingerprint density at radius 3 is 2.29 bits per heavy atom. The third-order valence-corrected chi connectivity index (χ3v) is 4.14. The Kier molecular flexibility index (Phi) is 6.29. The maximum absolute atomic E-state index is 12.5. The van der Waals surface area contributed by atoms with Gasteiger partial charge in [0.1, 0.15) is 12.4 Å². The lowest BCUT2D eigenvalue weighted by Gasteiger charge is -2.12. The molecule has 0 atom stereocenters. The van der Waals surface area contributed by atoms with Gasteiger partial charge in [0.15, 0.2) is 0 Å². The molecule has 142 valence electrons. The van der Waals surface area contributed by atoms with E-state index in [0.29, 0.717) is 34.3 Å². The molecule has 3 aromatic rings. The van der Waals surface area contributed by atoms with Crippen LogP contribution in [0, 0.1) is 0 Å². The van der Waals surface area contributed by atoms with Crippen LogP contribution in [0.1, 0.15) is 22.8 Å². The fraction of sp³-hybridized carbons (Fsp3) is 0.0909. The second kappa shape index (κ2) is 9.06. The minimum Gasteiger partial charge on any atom is -0.489 e. The topological polar surface area (TPSA) is 67.4 Å². The minimum absolute atomic E-state index is 0.238. The first-order valence-electron chi connectivity index (χ1n) is 8.66. The summed E-state index contributed by atoms with van der Waals surface area (Å²) in [7, 11) is 0. The second-order valence-electron chi connectivity index (χ2n) is 6.12. The average Bonchev–Trinajstić information content (AvgIpc) is 2.69. The maximum Gasteiger partial charge on any atom is 0.255 e. The highest BCUT2D eigenvalue weighted by Crippen LogP contribution is 2.26. The first kappa shape index (κ1) is 19.5. The largest absolute Gasteiger partial charge is 0.489 e. The first-order chi connectivity index (χ1) is 13.5. The summed E-state index contributed by atoms with van der Waals surface area (Å²) in [6.07, 6.45) is 0. The van der Waals surface area contributed by atoms with E-state index in [1.165, 1.54) is 6.92 Å². The van der Waals surface area contributed by atoms with E-state index in [9.17, 15) is 9.59 Å². The number of rotatable bonds is 6. The zero-order valence-electron chi connectivity index (χ0n) is 15.2. The van der Waals surface area contributed by atoms with Crippen molar-refractivity contribution in [2.75, 3.05) is 10.6 Å². The molecule has 28 heavy (non-hydrogen) atoms. The quantitative estimate of drug-likeness (QED) is 0.609. The number of anilines is 2. The molecule has 0 spiro atoms. The van der Waals surface area contributed by atoms with Crippen molar-refractivity contribution in [1.29, 1.82) is 0 Å². The second-order valence-corrected chi connectivity index (χ2v) is 6.56. The van der Waals surface area contributed by atoms with E-state index >= 15 is 0 Å². The predicted octanol–water partition coefficient (Wildman–Crippen LogP) is 5.13. The van der Waals surface area contributed by atoms with Crippen LogP contribution < -0.4 is 15.4 Å². The molecule has 0 radical (unpaired) electrons. The lowest BCUT2D eigenvalue weighted by atomic mass is 10.2. The lowest BCUT2D eigenvalue weighted by molar-refractivity contribution is -0.114. The number of benzene rings is 3. The van der Waals surface area contributed by atoms with Gasteiger partial charge in [-0.2, -0.15) is 0 Å². The Labute approximate surface area is 168 Å².